The third kappa shape index (κ3) is 22.1. The van der Waals surface area contributed by atoms with Crippen LogP contribution in [0.1, 0.15) is 134 Å². The molecule has 0 aliphatic carbocycles. The summed E-state index contributed by atoms with van der Waals surface area (Å²) in [5.41, 5.74) is 0. The normalized spacial score (nSPS) is 30.4. The Hall–Kier alpha value is -3.06. The van der Waals surface area contributed by atoms with Crippen LogP contribution in [0, 0.1) is 0 Å². The monoisotopic (exact) mass is 1050 g/mol. The quantitative estimate of drug-likeness (QED) is 0.112. The van der Waals surface area contributed by atoms with Crippen LogP contribution in [0.15, 0.2) is 0 Å². The van der Waals surface area contributed by atoms with Gasteiger partial charge >= 0.3 is 34.3 Å². The van der Waals surface area contributed by atoms with E-state index in [1.165, 1.54) is 0 Å². The highest BCUT2D eigenvalue weighted by Gasteiger charge is 2.57. The molecule has 8 atom stereocenters. The van der Waals surface area contributed by atoms with Crippen molar-refractivity contribution < 1.29 is 118 Å². The molecule has 0 radical (unpaired) electrons. The van der Waals surface area contributed by atoms with Crippen molar-refractivity contribution in [2.24, 2.45) is 0 Å². The van der Waals surface area contributed by atoms with E-state index in [0.29, 0.717) is 33.0 Å². The second-order valence-electron chi connectivity index (χ2n) is 19.5. The molecule has 0 aromatic rings. The molecule has 0 unspecified atom stereocenters. The van der Waals surface area contributed by atoms with Crippen molar-refractivity contribution in [3.63, 3.8) is 0 Å². The zero-order chi connectivity index (χ0) is 53.8. The summed E-state index contributed by atoms with van der Waals surface area (Å²) in [5.74, 6) is -7.61. The van der Waals surface area contributed by atoms with Crippen LogP contribution in [-0.4, -0.2) is 181 Å². The molecule has 6 aliphatic heterocycles. The molecular weight excluding hydrogens is 973 g/mol. The lowest BCUT2D eigenvalue weighted by atomic mass is 10.0. The van der Waals surface area contributed by atoms with Gasteiger partial charge in [0.15, 0.2) is 34.7 Å². The summed E-state index contributed by atoms with van der Waals surface area (Å²) in [5, 5.41) is 16.3. The zero-order valence-electron chi connectivity index (χ0n) is 42.8. The van der Waals surface area contributed by atoms with Crippen LogP contribution in [0.3, 0.4) is 0 Å². The van der Waals surface area contributed by atoms with Crippen molar-refractivity contribution >= 4 is 40.1 Å². The molecule has 4 N–H and O–H groups in total. The first-order chi connectivity index (χ1) is 32.6. The number of hydrogen-bond acceptors (Lipinski definition) is 21. The maximum Gasteiger partial charge on any atom is 0.394 e. The first-order valence-electron chi connectivity index (χ1n) is 23.5. The van der Waals surface area contributed by atoms with E-state index in [0.717, 1.165) is 0 Å². The molecule has 412 valence electrons. The van der Waals surface area contributed by atoms with Crippen LogP contribution in [0.25, 0.3) is 0 Å². The molecular formula is C45H76O25S. The maximum absolute atomic E-state index is 12.0. The van der Waals surface area contributed by atoms with Crippen molar-refractivity contribution in [1.82, 2.24) is 0 Å². The summed E-state index contributed by atoms with van der Waals surface area (Å²) >= 11 is 0. The summed E-state index contributed by atoms with van der Waals surface area (Å²) in [6.07, 6.45) is -2.41. The maximum atomic E-state index is 12.0. The summed E-state index contributed by atoms with van der Waals surface area (Å²) in [7, 11) is -4.67. The van der Waals surface area contributed by atoms with Gasteiger partial charge < -0.3 is 76.5 Å². The molecule has 0 aromatic carbocycles. The van der Waals surface area contributed by atoms with Crippen LogP contribution >= 0.6 is 0 Å². The molecule has 0 aromatic heterocycles. The molecule has 26 heteroatoms. The second kappa shape index (κ2) is 25.9. The van der Waals surface area contributed by atoms with Gasteiger partial charge in [0.1, 0.15) is 54.6 Å². The van der Waals surface area contributed by atoms with E-state index < -0.39 is 75.4 Å². The minimum absolute atomic E-state index is 0.0807. The lowest BCUT2D eigenvalue weighted by molar-refractivity contribution is -0.201. The fourth-order valence-corrected chi connectivity index (χ4v) is 8.21. The van der Waals surface area contributed by atoms with Gasteiger partial charge in [-0.25, -0.2) is 0 Å². The summed E-state index contributed by atoms with van der Waals surface area (Å²) in [6.45, 7) is 24.5. The SMILES string of the molecule is CC1(C)O[C@H]([C@@H]2COC(C)(C)O2)[C@@H]([C@H]2COC(C)(C)O2)O1.CCOC(=O)CCC1(CCC(=O)OCC)OC[C@H]([C@H]2OC(C)(C)O[C@@H]2[C@@H]2COC(C)(C)O2)O1.O=C(O)CCC(=O)CCC(=O)O.O=S(=O)(O)O. The number of carbonyl (C=O) groups is 5. The van der Waals surface area contributed by atoms with Crippen LogP contribution in [0.4, 0.5) is 0 Å². The Morgan fingerprint density at radius 2 is 0.732 bits per heavy atom. The van der Waals surface area contributed by atoms with Gasteiger partial charge in [0, 0.05) is 25.7 Å². The third-order valence-electron chi connectivity index (χ3n) is 11.0. The van der Waals surface area contributed by atoms with E-state index in [-0.39, 0.29) is 106 Å². The lowest BCUT2D eigenvalue weighted by Crippen LogP contribution is -2.45. The second-order valence-corrected chi connectivity index (χ2v) is 20.4. The number of carboxylic acids is 2. The van der Waals surface area contributed by atoms with Gasteiger partial charge in [0.05, 0.1) is 65.3 Å². The Balaban J connectivity index is 0.000000297. The van der Waals surface area contributed by atoms with Gasteiger partial charge in [-0.2, -0.15) is 8.42 Å². The van der Waals surface area contributed by atoms with E-state index in [9.17, 15) is 24.0 Å². The molecule has 6 aliphatic rings. The molecule has 0 amide bonds. The topological polar surface area (TPSA) is 330 Å². The van der Waals surface area contributed by atoms with Crippen LogP contribution < -0.4 is 0 Å². The minimum atomic E-state index is -4.67. The van der Waals surface area contributed by atoms with E-state index in [1.54, 1.807) is 13.8 Å². The number of aliphatic carboxylic acids is 2. The number of ether oxygens (including phenoxy) is 14. The van der Waals surface area contributed by atoms with Crippen LogP contribution in [-0.2, 0) is 101 Å². The summed E-state index contributed by atoms with van der Waals surface area (Å²) < 4.78 is 114. The molecule has 0 bridgehead atoms. The number of Topliss-reactive ketones (excluding diaryl/α,β-unsaturated/α-hetero) is 1. The number of rotatable bonds is 18. The number of carboxylic acid groups (broad SMARTS) is 2. The molecule has 0 saturated carbocycles. The van der Waals surface area contributed by atoms with Crippen molar-refractivity contribution in [3.05, 3.63) is 0 Å². The van der Waals surface area contributed by atoms with Crippen molar-refractivity contribution in [3.8, 4) is 0 Å². The van der Waals surface area contributed by atoms with Gasteiger partial charge in [-0.15, -0.1) is 0 Å². The average Bonchev–Trinajstić information content (AvgIpc) is 4.09. The smallest absolute Gasteiger partial charge is 0.394 e. The molecule has 71 heavy (non-hydrogen) atoms. The Labute approximate surface area is 414 Å². The lowest BCUT2D eigenvalue weighted by Gasteiger charge is -2.30. The fourth-order valence-electron chi connectivity index (χ4n) is 8.21. The Bertz CT molecular complexity index is 1800. The Morgan fingerprint density at radius 1 is 0.451 bits per heavy atom. The van der Waals surface area contributed by atoms with Gasteiger partial charge in [-0.1, -0.05) is 0 Å². The largest absolute Gasteiger partial charge is 0.481 e. The number of esters is 2. The van der Waals surface area contributed by atoms with E-state index >= 15 is 0 Å². The summed E-state index contributed by atoms with van der Waals surface area (Å²) in [6, 6.07) is 0. The van der Waals surface area contributed by atoms with Gasteiger partial charge in [-0.3, -0.25) is 33.1 Å². The highest BCUT2D eigenvalue weighted by molar-refractivity contribution is 7.79. The predicted molar refractivity (Wildman–Crippen MR) is 241 cm³/mol. The van der Waals surface area contributed by atoms with E-state index in [2.05, 4.69) is 0 Å². The number of carbonyl (C=O) groups excluding carboxylic acids is 3. The van der Waals surface area contributed by atoms with Crippen LogP contribution in [0.5, 0.6) is 0 Å². The molecule has 6 heterocycles. The standard InChI is InChI=1S/C23H38O10.C15H26O6.C7H10O5.H2O4S/c1-7-26-17(24)9-11-23(12-10-18(25)27-8-2)29-14-16(31-23)20-19(32-22(5,6)33-20)15-13-28-21(3,4)30-15;1-13(2)16-7-9(18-13)11-12(21-15(5,6)20-11)10-8-17-14(3,4)19-10;8-5(1-3-6(9)10)2-4-7(11)12;1-5(2,3)4/h15-16,19-20H,7-14H2,1-6H3;9-12H,7-8H2,1-6H3;1-4H2,(H,9,10)(H,11,12);(H2,1,2,3,4)/t15-,16+,19+,20+;9-,10+,11-,12-;;/m01../s1. The first-order valence-corrected chi connectivity index (χ1v) is 24.9. The minimum Gasteiger partial charge on any atom is -0.481 e. The van der Waals surface area contributed by atoms with Crippen molar-refractivity contribution in [1.29, 1.82) is 0 Å². The highest BCUT2D eigenvalue weighted by Crippen LogP contribution is 2.43. The summed E-state index contributed by atoms with van der Waals surface area (Å²) in [4.78, 5) is 54.7. The van der Waals surface area contributed by atoms with Gasteiger partial charge in [0.2, 0.25) is 0 Å². The van der Waals surface area contributed by atoms with Gasteiger partial charge in [-0.05, 0) is 83.1 Å². The Morgan fingerprint density at radius 3 is 0.986 bits per heavy atom. The molecule has 6 saturated heterocycles. The molecule has 25 nitrogen and oxygen atoms in total. The fraction of sp³-hybridized carbons (Fsp3) is 0.889. The highest BCUT2D eigenvalue weighted by atomic mass is 32.3. The molecule has 6 rings (SSSR count). The number of hydrogen-bond donors (Lipinski definition) is 4. The Kier molecular flexibility index (Phi) is 22.7. The van der Waals surface area contributed by atoms with Crippen LogP contribution in [0.2, 0.25) is 0 Å². The van der Waals surface area contributed by atoms with Crippen molar-refractivity contribution in [2.45, 2.75) is 218 Å². The number of ketones is 1. The van der Waals surface area contributed by atoms with E-state index in [4.69, 9.17) is 94.1 Å². The molecule has 0 spiro atoms. The average molecular weight is 1050 g/mol. The van der Waals surface area contributed by atoms with Gasteiger partial charge in [0.25, 0.3) is 0 Å². The third-order valence-corrected chi connectivity index (χ3v) is 11.0. The molecule has 6 fully saturated rings. The van der Waals surface area contributed by atoms with Crippen molar-refractivity contribution in [2.75, 3.05) is 39.6 Å². The zero-order valence-corrected chi connectivity index (χ0v) is 43.6. The predicted octanol–water partition coefficient (Wildman–Crippen LogP) is 3.90. The van der Waals surface area contributed by atoms with E-state index in [1.807, 2.05) is 69.2 Å². The first kappa shape index (κ1) is 62.2.